The van der Waals surface area contributed by atoms with E-state index in [4.69, 9.17) is 18.6 Å². The van der Waals surface area contributed by atoms with E-state index in [0.29, 0.717) is 35.6 Å². The summed E-state index contributed by atoms with van der Waals surface area (Å²) in [5.74, 6) is 2.89. The Balaban J connectivity index is 1.72. The number of benzene rings is 2. The van der Waals surface area contributed by atoms with Crippen molar-refractivity contribution in [3.63, 3.8) is 0 Å². The Morgan fingerprint density at radius 1 is 0.880 bits per heavy atom. The van der Waals surface area contributed by atoms with Crippen LogP contribution in [0.4, 0.5) is 5.69 Å². The van der Waals surface area contributed by atoms with Crippen molar-refractivity contribution in [2.75, 3.05) is 26.6 Å². The second kappa shape index (κ2) is 7.57. The molecule has 1 aromatic heterocycles. The highest BCUT2D eigenvalue weighted by Gasteiger charge is 2.13. The molecule has 0 spiro atoms. The lowest BCUT2D eigenvalue weighted by molar-refractivity contribution is 0.355. The van der Waals surface area contributed by atoms with Crippen LogP contribution in [0.5, 0.6) is 17.2 Å². The van der Waals surface area contributed by atoms with Crippen molar-refractivity contribution in [1.29, 1.82) is 0 Å². The van der Waals surface area contributed by atoms with Crippen molar-refractivity contribution < 1.29 is 18.6 Å². The molecule has 3 rings (SSSR count). The molecule has 7 heteroatoms. The van der Waals surface area contributed by atoms with Crippen LogP contribution >= 0.6 is 0 Å². The molecule has 0 bridgehead atoms. The molecule has 3 aromatic rings. The summed E-state index contributed by atoms with van der Waals surface area (Å²) < 4.78 is 21.5. The van der Waals surface area contributed by atoms with Crippen LogP contribution in [0, 0.1) is 0 Å². The second-order valence-electron chi connectivity index (χ2n) is 5.12. The highest BCUT2D eigenvalue weighted by atomic mass is 16.5. The lowest BCUT2D eigenvalue weighted by Crippen LogP contribution is -2.00. The van der Waals surface area contributed by atoms with Crippen LogP contribution in [0.25, 0.3) is 11.5 Å². The van der Waals surface area contributed by atoms with Gasteiger partial charge in [0, 0.05) is 11.8 Å². The number of hydrogen-bond donors (Lipinski definition) is 1. The largest absolute Gasteiger partial charge is 0.496 e. The van der Waals surface area contributed by atoms with Gasteiger partial charge < -0.3 is 23.9 Å². The van der Waals surface area contributed by atoms with E-state index in [0.717, 1.165) is 11.3 Å². The Bertz CT molecular complexity index is 848. The van der Waals surface area contributed by atoms with Gasteiger partial charge in [-0.05, 0) is 24.3 Å². The third kappa shape index (κ3) is 3.65. The first-order chi connectivity index (χ1) is 12.2. The number of para-hydroxylation sites is 1. The van der Waals surface area contributed by atoms with Crippen molar-refractivity contribution in [2.24, 2.45) is 0 Å². The molecular weight excluding hydrogens is 322 g/mol. The fourth-order valence-corrected chi connectivity index (χ4v) is 2.38. The van der Waals surface area contributed by atoms with E-state index in [1.807, 2.05) is 42.5 Å². The third-order valence-electron chi connectivity index (χ3n) is 3.63. The Labute approximate surface area is 145 Å². The van der Waals surface area contributed by atoms with Gasteiger partial charge in [0.15, 0.2) is 11.5 Å². The van der Waals surface area contributed by atoms with Gasteiger partial charge in [0.05, 0.1) is 33.4 Å². The van der Waals surface area contributed by atoms with Gasteiger partial charge in [-0.1, -0.05) is 12.1 Å². The molecule has 1 N–H and O–H groups in total. The number of anilines is 1. The molecule has 0 atom stereocenters. The van der Waals surface area contributed by atoms with Crippen molar-refractivity contribution in [3.8, 4) is 28.7 Å². The minimum absolute atomic E-state index is 0.387. The monoisotopic (exact) mass is 341 g/mol. The normalized spacial score (nSPS) is 10.4. The summed E-state index contributed by atoms with van der Waals surface area (Å²) in [5, 5.41) is 11.4. The SMILES string of the molecule is COc1ccc(NCc2nnc(-c3ccccc3OC)o2)cc1OC. The summed E-state index contributed by atoms with van der Waals surface area (Å²) in [4.78, 5) is 0. The fraction of sp³-hybridized carbons (Fsp3) is 0.222. The van der Waals surface area contributed by atoms with E-state index in [9.17, 15) is 0 Å². The Morgan fingerprint density at radius 2 is 1.64 bits per heavy atom. The second-order valence-corrected chi connectivity index (χ2v) is 5.12. The molecule has 0 fully saturated rings. The van der Waals surface area contributed by atoms with Gasteiger partial charge in [0.25, 0.3) is 5.89 Å². The average Bonchev–Trinajstić information content (AvgIpc) is 3.14. The maximum Gasteiger partial charge on any atom is 0.251 e. The maximum atomic E-state index is 5.71. The first-order valence-corrected chi connectivity index (χ1v) is 7.67. The van der Waals surface area contributed by atoms with Crippen molar-refractivity contribution >= 4 is 5.69 Å². The quantitative estimate of drug-likeness (QED) is 0.706. The Kier molecular flexibility index (Phi) is 5.03. The molecule has 7 nitrogen and oxygen atoms in total. The van der Waals surface area contributed by atoms with Crippen LogP contribution in [0.1, 0.15) is 5.89 Å². The van der Waals surface area contributed by atoms with E-state index in [1.165, 1.54) is 0 Å². The first-order valence-electron chi connectivity index (χ1n) is 7.67. The zero-order valence-corrected chi connectivity index (χ0v) is 14.3. The molecule has 0 aliphatic heterocycles. The Morgan fingerprint density at radius 3 is 2.40 bits per heavy atom. The summed E-state index contributed by atoms with van der Waals surface area (Å²) in [5.41, 5.74) is 1.62. The van der Waals surface area contributed by atoms with Crippen molar-refractivity contribution in [3.05, 3.63) is 48.4 Å². The van der Waals surface area contributed by atoms with Crippen LogP contribution < -0.4 is 19.5 Å². The number of methoxy groups -OCH3 is 3. The number of ether oxygens (including phenoxy) is 3. The molecule has 130 valence electrons. The van der Waals surface area contributed by atoms with Crippen LogP contribution in [-0.4, -0.2) is 31.5 Å². The van der Waals surface area contributed by atoms with Gasteiger partial charge in [-0.3, -0.25) is 0 Å². The number of rotatable bonds is 7. The fourth-order valence-electron chi connectivity index (χ4n) is 2.38. The first kappa shape index (κ1) is 16.6. The van der Waals surface area contributed by atoms with Crippen LogP contribution in [0.2, 0.25) is 0 Å². The Hall–Kier alpha value is -3.22. The maximum absolute atomic E-state index is 5.71. The number of hydrogen-bond acceptors (Lipinski definition) is 7. The molecule has 0 aliphatic carbocycles. The van der Waals surface area contributed by atoms with E-state index < -0.39 is 0 Å². The molecule has 1 heterocycles. The van der Waals surface area contributed by atoms with Gasteiger partial charge in [0.1, 0.15) is 5.75 Å². The topological polar surface area (TPSA) is 78.6 Å². The van der Waals surface area contributed by atoms with Gasteiger partial charge in [-0.15, -0.1) is 10.2 Å². The average molecular weight is 341 g/mol. The molecule has 0 saturated heterocycles. The predicted molar refractivity (Wildman–Crippen MR) is 93.2 cm³/mol. The highest BCUT2D eigenvalue weighted by molar-refractivity contribution is 5.62. The lowest BCUT2D eigenvalue weighted by atomic mass is 10.2. The van der Waals surface area contributed by atoms with Gasteiger partial charge in [-0.25, -0.2) is 0 Å². The molecule has 2 aromatic carbocycles. The zero-order valence-electron chi connectivity index (χ0n) is 14.3. The molecule has 0 amide bonds. The molecule has 25 heavy (non-hydrogen) atoms. The van der Waals surface area contributed by atoms with E-state index in [-0.39, 0.29) is 0 Å². The van der Waals surface area contributed by atoms with E-state index in [2.05, 4.69) is 15.5 Å². The van der Waals surface area contributed by atoms with Crippen LogP contribution in [-0.2, 0) is 6.54 Å². The molecule has 0 saturated carbocycles. The van der Waals surface area contributed by atoms with Gasteiger partial charge in [-0.2, -0.15) is 0 Å². The van der Waals surface area contributed by atoms with Crippen molar-refractivity contribution in [2.45, 2.75) is 6.54 Å². The molecule has 0 unspecified atom stereocenters. The summed E-state index contributed by atoms with van der Waals surface area (Å²) in [6.45, 7) is 0.387. The summed E-state index contributed by atoms with van der Waals surface area (Å²) in [7, 11) is 4.80. The van der Waals surface area contributed by atoms with E-state index >= 15 is 0 Å². The number of nitrogens with one attached hydrogen (secondary N) is 1. The summed E-state index contributed by atoms with van der Waals surface area (Å²) in [6.07, 6.45) is 0. The van der Waals surface area contributed by atoms with Crippen LogP contribution in [0.3, 0.4) is 0 Å². The predicted octanol–water partition coefficient (Wildman–Crippen LogP) is 3.37. The molecular formula is C18H19N3O4. The minimum atomic E-state index is 0.387. The number of aromatic nitrogens is 2. The number of nitrogens with zero attached hydrogens (tertiary/aromatic N) is 2. The summed E-state index contributed by atoms with van der Waals surface area (Å²) >= 11 is 0. The summed E-state index contributed by atoms with van der Waals surface area (Å²) in [6, 6.07) is 13.1. The minimum Gasteiger partial charge on any atom is -0.496 e. The van der Waals surface area contributed by atoms with Crippen molar-refractivity contribution in [1.82, 2.24) is 10.2 Å². The smallest absolute Gasteiger partial charge is 0.251 e. The lowest BCUT2D eigenvalue weighted by Gasteiger charge is -2.10. The third-order valence-corrected chi connectivity index (χ3v) is 3.63. The standard InChI is InChI=1S/C18H19N3O4/c1-22-14-7-5-4-6-13(14)18-21-20-17(25-18)11-19-12-8-9-15(23-2)16(10-12)24-3/h4-10,19H,11H2,1-3H3. The molecule has 0 radical (unpaired) electrons. The van der Waals surface area contributed by atoms with Gasteiger partial charge >= 0.3 is 0 Å². The molecule has 0 aliphatic rings. The zero-order chi connectivity index (χ0) is 17.6. The highest BCUT2D eigenvalue weighted by Crippen LogP contribution is 2.30. The van der Waals surface area contributed by atoms with Gasteiger partial charge in [0.2, 0.25) is 5.89 Å². The van der Waals surface area contributed by atoms with Crippen LogP contribution in [0.15, 0.2) is 46.9 Å². The van der Waals surface area contributed by atoms with E-state index in [1.54, 1.807) is 21.3 Å².